The van der Waals surface area contributed by atoms with E-state index in [1.807, 2.05) is 0 Å². The fraction of sp³-hybridized carbons (Fsp3) is 0.667. The van der Waals surface area contributed by atoms with Crippen molar-refractivity contribution in [2.45, 2.75) is 13.0 Å². The van der Waals surface area contributed by atoms with Gasteiger partial charge in [-0.05, 0) is 6.92 Å². The molecule has 0 aromatic heterocycles. The Morgan fingerprint density at radius 1 is 1.73 bits per heavy atom. The standard InChI is InChI=1S/C6H12N2O3/c1-5(11)2-7-8-6(3-9)4-10/h3,6-8,10H,2,4H2,1H3/t6-/m1/s1. The van der Waals surface area contributed by atoms with Gasteiger partial charge < -0.3 is 9.90 Å². The van der Waals surface area contributed by atoms with Gasteiger partial charge in [0.15, 0.2) is 0 Å². The lowest BCUT2D eigenvalue weighted by molar-refractivity contribution is -0.117. The van der Waals surface area contributed by atoms with E-state index in [4.69, 9.17) is 5.11 Å². The van der Waals surface area contributed by atoms with Crippen LogP contribution in [-0.2, 0) is 9.59 Å². The minimum Gasteiger partial charge on any atom is -0.394 e. The molecular formula is C6H12N2O3. The molecule has 5 nitrogen and oxygen atoms in total. The van der Waals surface area contributed by atoms with Crippen LogP contribution in [0.15, 0.2) is 0 Å². The van der Waals surface area contributed by atoms with Crippen LogP contribution in [0.1, 0.15) is 6.92 Å². The molecule has 11 heavy (non-hydrogen) atoms. The molecule has 0 bridgehead atoms. The molecule has 0 unspecified atom stereocenters. The lowest BCUT2D eigenvalue weighted by Gasteiger charge is -2.08. The molecule has 0 aromatic carbocycles. The van der Waals surface area contributed by atoms with Gasteiger partial charge in [0.1, 0.15) is 12.1 Å². The van der Waals surface area contributed by atoms with Crippen LogP contribution < -0.4 is 10.9 Å². The molecule has 0 aliphatic heterocycles. The minimum absolute atomic E-state index is 0.0416. The Hall–Kier alpha value is -0.780. The van der Waals surface area contributed by atoms with Crippen LogP contribution in [0.4, 0.5) is 0 Å². The smallest absolute Gasteiger partial charge is 0.144 e. The van der Waals surface area contributed by atoms with E-state index in [9.17, 15) is 9.59 Å². The molecule has 3 N–H and O–H groups in total. The van der Waals surface area contributed by atoms with Crippen molar-refractivity contribution in [1.29, 1.82) is 0 Å². The van der Waals surface area contributed by atoms with E-state index in [-0.39, 0.29) is 18.9 Å². The summed E-state index contributed by atoms with van der Waals surface area (Å²) in [5.74, 6) is -0.0416. The summed E-state index contributed by atoms with van der Waals surface area (Å²) in [6.07, 6.45) is 0.563. The Kier molecular flexibility index (Phi) is 5.54. The molecule has 0 fully saturated rings. The largest absolute Gasteiger partial charge is 0.394 e. The molecule has 1 atom stereocenters. The van der Waals surface area contributed by atoms with Gasteiger partial charge in [0, 0.05) is 0 Å². The summed E-state index contributed by atoms with van der Waals surface area (Å²) < 4.78 is 0. The first-order valence-corrected chi connectivity index (χ1v) is 3.24. The first-order valence-electron chi connectivity index (χ1n) is 3.24. The highest BCUT2D eigenvalue weighted by molar-refractivity contribution is 5.77. The molecule has 0 amide bonds. The third-order valence-corrected chi connectivity index (χ3v) is 0.986. The van der Waals surface area contributed by atoms with Gasteiger partial charge in [0.25, 0.3) is 0 Å². The average Bonchev–Trinajstić information content (AvgIpc) is 1.98. The quantitative estimate of drug-likeness (QED) is 0.316. The highest BCUT2D eigenvalue weighted by Crippen LogP contribution is 1.70. The predicted molar refractivity (Wildman–Crippen MR) is 38.8 cm³/mol. The maximum atomic E-state index is 10.3. The Morgan fingerprint density at radius 3 is 2.73 bits per heavy atom. The van der Waals surface area contributed by atoms with E-state index in [0.29, 0.717) is 6.29 Å². The number of carbonyl (C=O) groups is 2. The average molecular weight is 160 g/mol. The van der Waals surface area contributed by atoms with E-state index in [2.05, 4.69) is 10.9 Å². The van der Waals surface area contributed by atoms with Crippen molar-refractivity contribution in [2.24, 2.45) is 0 Å². The zero-order valence-electron chi connectivity index (χ0n) is 6.33. The lowest BCUT2D eigenvalue weighted by Crippen LogP contribution is -2.45. The highest BCUT2D eigenvalue weighted by Gasteiger charge is 2.02. The summed E-state index contributed by atoms with van der Waals surface area (Å²) >= 11 is 0. The van der Waals surface area contributed by atoms with Crippen molar-refractivity contribution in [1.82, 2.24) is 10.9 Å². The molecule has 0 spiro atoms. The fourth-order valence-corrected chi connectivity index (χ4v) is 0.429. The Labute approximate surface area is 64.8 Å². The van der Waals surface area contributed by atoms with E-state index < -0.39 is 6.04 Å². The van der Waals surface area contributed by atoms with Gasteiger partial charge in [0.05, 0.1) is 19.2 Å². The lowest BCUT2D eigenvalue weighted by atomic mass is 10.4. The molecule has 5 heteroatoms. The van der Waals surface area contributed by atoms with Crippen LogP contribution in [0.25, 0.3) is 0 Å². The third kappa shape index (κ3) is 5.65. The maximum absolute atomic E-state index is 10.3. The second-order valence-electron chi connectivity index (χ2n) is 2.13. The summed E-state index contributed by atoms with van der Waals surface area (Å²) in [5.41, 5.74) is 4.96. The Bertz CT molecular complexity index is 138. The zero-order valence-corrected chi connectivity index (χ0v) is 6.33. The van der Waals surface area contributed by atoms with Crippen LogP contribution in [0.3, 0.4) is 0 Å². The minimum atomic E-state index is -0.644. The molecule has 0 saturated carbocycles. The van der Waals surface area contributed by atoms with Crippen LogP contribution >= 0.6 is 0 Å². The topological polar surface area (TPSA) is 78.4 Å². The number of carbonyl (C=O) groups excluding carboxylic acids is 2. The van der Waals surface area contributed by atoms with Crippen LogP contribution in [0, 0.1) is 0 Å². The normalized spacial score (nSPS) is 12.5. The molecule has 0 rings (SSSR count). The second kappa shape index (κ2) is 5.96. The summed E-state index contributed by atoms with van der Waals surface area (Å²) in [6, 6.07) is -0.644. The number of nitrogens with one attached hydrogen (secondary N) is 2. The Balaban J connectivity index is 3.35. The molecular weight excluding hydrogens is 148 g/mol. The summed E-state index contributed by atoms with van der Waals surface area (Å²) in [7, 11) is 0. The number of aliphatic hydroxyl groups is 1. The zero-order chi connectivity index (χ0) is 8.69. The van der Waals surface area contributed by atoms with Crippen molar-refractivity contribution in [2.75, 3.05) is 13.2 Å². The number of hydrazine groups is 1. The summed E-state index contributed by atoms with van der Waals surface area (Å²) in [5, 5.41) is 8.47. The number of aldehydes is 1. The van der Waals surface area contributed by atoms with Crippen LogP contribution in [0.5, 0.6) is 0 Å². The van der Waals surface area contributed by atoms with Crippen LogP contribution in [0.2, 0.25) is 0 Å². The van der Waals surface area contributed by atoms with Crippen molar-refractivity contribution in [3.63, 3.8) is 0 Å². The molecule has 0 aromatic rings. The van der Waals surface area contributed by atoms with Gasteiger partial charge in [0.2, 0.25) is 0 Å². The van der Waals surface area contributed by atoms with Gasteiger partial charge >= 0.3 is 0 Å². The molecule has 0 saturated heterocycles. The van der Waals surface area contributed by atoms with Crippen LogP contribution in [-0.4, -0.2) is 36.4 Å². The van der Waals surface area contributed by atoms with Crippen molar-refractivity contribution >= 4 is 12.1 Å². The highest BCUT2D eigenvalue weighted by atomic mass is 16.3. The van der Waals surface area contributed by atoms with Gasteiger partial charge in [-0.2, -0.15) is 0 Å². The van der Waals surface area contributed by atoms with E-state index in [1.54, 1.807) is 0 Å². The molecule has 0 heterocycles. The van der Waals surface area contributed by atoms with Gasteiger partial charge in [-0.25, -0.2) is 10.9 Å². The SMILES string of the molecule is CC(=O)CNN[C@H](C=O)CO. The van der Waals surface area contributed by atoms with Crippen molar-refractivity contribution < 1.29 is 14.7 Å². The van der Waals surface area contributed by atoms with Gasteiger partial charge in [-0.3, -0.25) is 4.79 Å². The summed E-state index contributed by atoms with van der Waals surface area (Å²) in [6.45, 7) is 1.28. The van der Waals surface area contributed by atoms with E-state index in [1.165, 1.54) is 6.92 Å². The molecule has 0 radical (unpaired) electrons. The maximum Gasteiger partial charge on any atom is 0.144 e. The third-order valence-electron chi connectivity index (χ3n) is 0.986. The molecule has 0 aliphatic carbocycles. The number of hydrogen-bond acceptors (Lipinski definition) is 5. The number of hydrogen-bond donors (Lipinski definition) is 3. The molecule has 64 valence electrons. The summed E-state index contributed by atoms with van der Waals surface area (Å²) in [4.78, 5) is 20.4. The van der Waals surface area contributed by atoms with E-state index >= 15 is 0 Å². The van der Waals surface area contributed by atoms with E-state index in [0.717, 1.165) is 0 Å². The van der Waals surface area contributed by atoms with Crippen molar-refractivity contribution in [3.8, 4) is 0 Å². The molecule has 0 aliphatic rings. The monoisotopic (exact) mass is 160 g/mol. The first kappa shape index (κ1) is 10.2. The Morgan fingerprint density at radius 2 is 2.36 bits per heavy atom. The van der Waals surface area contributed by atoms with Gasteiger partial charge in [-0.15, -0.1) is 0 Å². The number of aliphatic hydroxyl groups excluding tert-OH is 1. The second-order valence-corrected chi connectivity index (χ2v) is 2.13. The predicted octanol–water partition coefficient (Wildman–Crippen LogP) is -1.77. The first-order chi connectivity index (χ1) is 5.20. The number of ketones is 1. The fourth-order valence-electron chi connectivity index (χ4n) is 0.429. The van der Waals surface area contributed by atoms with Gasteiger partial charge in [-0.1, -0.05) is 0 Å². The number of rotatable bonds is 6. The van der Waals surface area contributed by atoms with Crippen molar-refractivity contribution in [3.05, 3.63) is 0 Å². The number of Topliss-reactive ketones (excluding diaryl/α,β-unsaturated/α-hetero) is 1.